The number of aliphatic hydroxyl groups excluding tert-OH is 1. The molecule has 0 bridgehead atoms. The summed E-state index contributed by atoms with van der Waals surface area (Å²) in [5, 5.41) is 17.8. The average Bonchev–Trinajstić information content (AvgIpc) is 2.06. The molecule has 0 unspecified atom stereocenters. The zero-order valence-corrected chi connectivity index (χ0v) is 8.83. The molecule has 0 aliphatic rings. The molecule has 0 spiro atoms. The standard InChI is InChI=1S/C9H13NO3.Li.H/c1-3-5-8(11)7(6-10)9(12)13-4-2;;/h11H,3-5H2,1-2H3;;/q;+1;-1. The third-order valence-electron chi connectivity index (χ3n) is 1.37. The molecule has 1 N–H and O–H groups in total. The summed E-state index contributed by atoms with van der Waals surface area (Å²) >= 11 is 0. The average molecular weight is 191 g/mol. The van der Waals surface area contributed by atoms with Gasteiger partial charge in [-0.3, -0.25) is 0 Å². The molecule has 0 rings (SSSR count). The first kappa shape index (κ1) is 15.6. The van der Waals surface area contributed by atoms with Crippen molar-refractivity contribution in [3.63, 3.8) is 0 Å². The van der Waals surface area contributed by atoms with E-state index in [0.717, 1.165) is 0 Å². The number of esters is 1. The number of hydrogen-bond donors (Lipinski definition) is 1. The molecule has 0 aliphatic carbocycles. The number of carbonyl (C=O) groups excluding carboxylic acids is 1. The van der Waals surface area contributed by atoms with Crippen LogP contribution in [0.15, 0.2) is 11.3 Å². The van der Waals surface area contributed by atoms with Crippen molar-refractivity contribution in [2.75, 3.05) is 6.61 Å². The fourth-order valence-corrected chi connectivity index (χ4v) is 0.793. The number of allylic oxidation sites excluding steroid dienone is 1. The molecule has 0 saturated carbocycles. The maximum Gasteiger partial charge on any atom is 1.00 e. The van der Waals surface area contributed by atoms with Gasteiger partial charge in [-0.15, -0.1) is 0 Å². The van der Waals surface area contributed by atoms with Gasteiger partial charge >= 0.3 is 24.8 Å². The fourth-order valence-electron chi connectivity index (χ4n) is 0.793. The van der Waals surface area contributed by atoms with Crippen molar-refractivity contribution >= 4 is 5.97 Å². The van der Waals surface area contributed by atoms with Crippen molar-refractivity contribution in [1.82, 2.24) is 0 Å². The Bertz CT molecular complexity index is 261. The summed E-state index contributed by atoms with van der Waals surface area (Å²) in [4.78, 5) is 11.0. The van der Waals surface area contributed by atoms with Gasteiger partial charge in [0.1, 0.15) is 11.8 Å². The van der Waals surface area contributed by atoms with Gasteiger partial charge < -0.3 is 11.3 Å². The largest absolute Gasteiger partial charge is 1.00 e. The molecule has 14 heavy (non-hydrogen) atoms. The molecule has 5 heteroatoms. The first-order chi connectivity index (χ1) is 6.17. The van der Waals surface area contributed by atoms with Gasteiger partial charge in [0.2, 0.25) is 0 Å². The van der Waals surface area contributed by atoms with E-state index in [1.807, 2.05) is 6.92 Å². The summed E-state index contributed by atoms with van der Waals surface area (Å²) in [5.41, 5.74) is -0.288. The number of rotatable bonds is 4. The normalized spacial score (nSPS) is 10.6. The zero-order valence-electron chi connectivity index (χ0n) is 9.83. The van der Waals surface area contributed by atoms with Crippen LogP contribution in [-0.4, -0.2) is 17.7 Å². The van der Waals surface area contributed by atoms with E-state index in [1.54, 1.807) is 13.0 Å². The van der Waals surface area contributed by atoms with E-state index in [1.165, 1.54) is 0 Å². The first-order valence-electron chi connectivity index (χ1n) is 4.16. The van der Waals surface area contributed by atoms with E-state index in [-0.39, 0.29) is 38.2 Å². The molecule has 0 radical (unpaired) electrons. The van der Waals surface area contributed by atoms with Crippen LogP contribution >= 0.6 is 0 Å². The number of ether oxygens (including phenoxy) is 1. The second-order valence-corrected chi connectivity index (χ2v) is 2.40. The van der Waals surface area contributed by atoms with Crippen LogP contribution in [0.5, 0.6) is 0 Å². The maximum absolute atomic E-state index is 11.0. The summed E-state index contributed by atoms with van der Waals surface area (Å²) in [6.07, 6.45) is 0.998. The van der Waals surface area contributed by atoms with Crippen molar-refractivity contribution in [3.8, 4) is 6.07 Å². The van der Waals surface area contributed by atoms with Crippen LogP contribution in [0.2, 0.25) is 0 Å². The summed E-state index contributed by atoms with van der Waals surface area (Å²) in [6, 6.07) is 1.63. The fraction of sp³-hybridized carbons (Fsp3) is 0.556. The third kappa shape index (κ3) is 4.96. The summed E-state index contributed by atoms with van der Waals surface area (Å²) < 4.78 is 4.58. The Morgan fingerprint density at radius 1 is 1.57 bits per heavy atom. The first-order valence-corrected chi connectivity index (χ1v) is 4.16. The molecule has 0 amide bonds. The Labute approximate surface area is 97.2 Å². The summed E-state index contributed by atoms with van der Waals surface area (Å²) in [7, 11) is 0. The van der Waals surface area contributed by atoms with Crippen molar-refractivity contribution in [2.24, 2.45) is 0 Å². The summed E-state index contributed by atoms with van der Waals surface area (Å²) in [5.74, 6) is -0.945. The number of nitriles is 1. The van der Waals surface area contributed by atoms with Crippen LogP contribution in [0, 0.1) is 11.3 Å². The molecule has 0 aromatic rings. The van der Waals surface area contributed by atoms with Crippen LogP contribution < -0.4 is 18.9 Å². The van der Waals surface area contributed by atoms with Crippen molar-refractivity contribution in [1.29, 1.82) is 5.26 Å². The molecule has 0 aromatic carbocycles. The van der Waals surface area contributed by atoms with E-state index in [0.29, 0.717) is 12.8 Å². The van der Waals surface area contributed by atoms with Crippen LogP contribution in [0.4, 0.5) is 0 Å². The molecule has 74 valence electrons. The SMILES string of the molecule is CCCC(O)=C(C#N)C(=O)OCC.[H-].[Li+]. The maximum atomic E-state index is 11.0. The van der Waals surface area contributed by atoms with Gasteiger partial charge in [-0.2, -0.15) is 5.26 Å². The number of hydrogen-bond acceptors (Lipinski definition) is 4. The van der Waals surface area contributed by atoms with Crippen LogP contribution in [0.25, 0.3) is 0 Å². The molecule has 0 atom stereocenters. The molecule has 0 fully saturated rings. The van der Waals surface area contributed by atoms with Crippen LogP contribution in [0.3, 0.4) is 0 Å². The van der Waals surface area contributed by atoms with Crippen molar-refractivity contribution < 1.29 is 34.9 Å². The van der Waals surface area contributed by atoms with Crippen molar-refractivity contribution in [3.05, 3.63) is 11.3 Å². The molecule has 0 aliphatic heterocycles. The Balaban J connectivity index is -0.000000720. The minimum absolute atomic E-state index is 0. The second-order valence-electron chi connectivity index (χ2n) is 2.40. The summed E-state index contributed by atoms with van der Waals surface area (Å²) in [6.45, 7) is 3.68. The molecule has 0 heterocycles. The van der Waals surface area contributed by atoms with Gasteiger partial charge in [0.15, 0.2) is 5.57 Å². The Hall–Kier alpha value is -0.903. The molecule has 0 aromatic heterocycles. The van der Waals surface area contributed by atoms with Gasteiger partial charge in [-0.1, -0.05) is 6.92 Å². The quantitative estimate of drug-likeness (QED) is 0.199. The minimum Gasteiger partial charge on any atom is -1.00 e. The smallest absolute Gasteiger partial charge is 1.00 e. The minimum atomic E-state index is -0.754. The molecule has 4 nitrogen and oxygen atoms in total. The Kier molecular flexibility index (Phi) is 9.66. The topological polar surface area (TPSA) is 70.3 Å². The molecular formula is C9H14LiNO3. The van der Waals surface area contributed by atoms with Crippen LogP contribution in [-0.2, 0) is 9.53 Å². The predicted octanol–water partition coefficient (Wildman–Crippen LogP) is -1.20. The second kappa shape index (κ2) is 8.68. The number of aliphatic hydroxyl groups is 1. The van der Waals surface area contributed by atoms with E-state index >= 15 is 0 Å². The zero-order chi connectivity index (χ0) is 10.3. The van der Waals surface area contributed by atoms with Crippen molar-refractivity contribution in [2.45, 2.75) is 26.7 Å². The van der Waals surface area contributed by atoms with Gasteiger partial charge in [0, 0.05) is 6.42 Å². The van der Waals surface area contributed by atoms with E-state index in [2.05, 4.69) is 4.74 Å². The van der Waals surface area contributed by atoms with Gasteiger partial charge in [0.05, 0.1) is 6.61 Å². The van der Waals surface area contributed by atoms with Gasteiger partial charge in [0.25, 0.3) is 0 Å². The molecular weight excluding hydrogens is 177 g/mol. The number of nitrogens with zero attached hydrogens (tertiary/aromatic N) is 1. The van der Waals surface area contributed by atoms with E-state index in [4.69, 9.17) is 5.26 Å². The van der Waals surface area contributed by atoms with Crippen LogP contribution in [0.1, 0.15) is 28.1 Å². The Morgan fingerprint density at radius 2 is 2.14 bits per heavy atom. The monoisotopic (exact) mass is 191 g/mol. The van der Waals surface area contributed by atoms with E-state index in [9.17, 15) is 9.90 Å². The van der Waals surface area contributed by atoms with Gasteiger partial charge in [-0.05, 0) is 13.3 Å². The predicted molar refractivity (Wildman–Crippen MR) is 47.9 cm³/mol. The molecule has 0 saturated heterocycles. The number of carbonyl (C=O) groups is 1. The van der Waals surface area contributed by atoms with Gasteiger partial charge in [-0.25, -0.2) is 4.79 Å². The third-order valence-corrected chi connectivity index (χ3v) is 1.37. The van der Waals surface area contributed by atoms with E-state index < -0.39 is 5.97 Å². The Morgan fingerprint density at radius 3 is 2.50 bits per heavy atom.